The Balaban J connectivity index is 2.43. The molecule has 1 heterocycles. The average Bonchev–Trinajstić information content (AvgIpc) is 2.37. The van der Waals surface area contributed by atoms with Crippen LogP contribution < -0.4 is 14.6 Å². The average molecular weight is 320 g/mol. The summed E-state index contributed by atoms with van der Waals surface area (Å²) in [4.78, 5) is -0.0672. The van der Waals surface area contributed by atoms with Gasteiger partial charge in [0.2, 0.25) is 20.0 Å². The van der Waals surface area contributed by atoms with Crippen molar-refractivity contribution in [2.45, 2.75) is 24.3 Å². The SMILES string of the molecule is CCS(=O)(=O)NC1CCOc2ccc(S(N)(=O)=O)cc21. The van der Waals surface area contributed by atoms with Gasteiger partial charge in [-0.1, -0.05) is 0 Å². The highest BCUT2D eigenvalue weighted by molar-refractivity contribution is 7.89. The van der Waals surface area contributed by atoms with Gasteiger partial charge in [0.1, 0.15) is 5.75 Å². The molecule has 0 aromatic heterocycles. The van der Waals surface area contributed by atoms with Crippen molar-refractivity contribution in [3.63, 3.8) is 0 Å². The summed E-state index contributed by atoms with van der Waals surface area (Å²) in [5.74, 6) is 0.418. The number of hydrogen-bond acceptors (Lipinski definition) is 5. The van der Waals surface area contributed by atoms with Crippen LogP contribution in [-0.4, -0.2) is 29.2 Å². The molecule has 0 saturated carbocycles. The second kappa shape index (κ2) is 5.32. The lowest BCUT2D eigenvalue weighted by Crippen LogP contribution is -2.33. The summed E-state index contributed by atoms with van der Waals surface area (Å²) in [7, 11) is -7.24. The molecule has 0 saturated heterocycles. The van der Waals surface area contributed by atoms with E-state index in [-0.39, 0.29) is 10.6 Å². The Hall–Kier alpha value is -1.16. The molecule has 1 unspecified atom stereocenters. The predicted molar refractivity (Wildman–Crippen MR) is 73.3 cm³/mol. The highest BCUT2D eigenvalue weighted by Gasteiger charge is 2.26. The van der Waals surface area contributed by atoms with Crippen molar-refractivity contribution >= 4 is 20.0 Å². The monoisotopic (exact) mass is 320 g/mol. The molecule has 0 fully saturated rings. The minimum absolute atomic E-state index is 0.0471. The van der Waals surface area contributed by atoms with E-state index < -0.39 is 26.1 Å². The van der Waals surface area contributed by atoms with Crippen molar-refractivity contribution in [3.8, 4) is 5.75 Å². The van der Waals surface area contributed by atoms with E-state index in [1.165, 1.54) is 25.1 Å². The van der Waals surface area contributed by atoms with Gasteiger partial charge in [0.25, 0.3) is 0 Å². The number of primary sulfonamides is 1. The third-order valence-corrected chi connectivity index (χ3v) is 5.37. The van der Waals surface area contributed by atoms with Crippen molar-refractivity contribution in [2.24, 2.45) is 5.14 Å². The molecule has 112 valence electrons. The Kier molecular flexibility index (Phi) is 4.05. The number of benzene rings is 1. The maximum absolute atomic E-state index is 11.7. The van der Waals surface area contributed by atoms with Gasteiger partial charge in [0.15, 0.2) is 0 Å². The molecule has 2 rings (SSSR count). The molecule has 1 aliphatic heterocycles. The Morgan fingerprint density at radius 2 is 2.05 bits per heavy atom. The fourth-order valence-corrected chi connectivity index (χ4v) is 3.37. The maximum atomic E-state index is 11.7. The smallest absolute Gasteiger partial charge is 0.238 e. The van der Waals surface area contributed by atoms with Gasteiger partial charge in [-0.3, -0.25) is 0 Å². The Labute approximate surface area is 118 Å². The topological polar surface area (TPSA) is 116 Å². The molecule has 1 aromatic rings. The molecule has 1 atom stereocenters. The van der Waals surface area contributed by atoms with Gasteiger partial charge in [-0.25, -0.2) is 26.7 Å². The molecule has 0 amide bonds. The third-order valence-electron chi connectivity index (χ3n) is 3.05. The Bertz CT molecular complexity index is 712. The number of nitrogens with two attached hydrogens (primary N) is 1. The van der Waals surface area contributed by atoms with Crippen LogP contribution in [0.15, 0.2) is 23.1 Å². The fraction of sp³-hybridized carbons (Fsp3) is 0.455. The van der Waals surface area contributed by atoms with Crippen molar-refractivity contribution in [3.05, 3.63) is 23.8 Å². The van der Waals surface area contributed by atoms with Gasteiger partial charge in [0.05, 0.1) is 23.3 Å². The summed E-state index contributed by atoms with van der Waals surface area (Å²) in [6.45, 7) is 1.89. The van der Waals surface area contributed by atoms with E-state index in [1.807, 2.05) is 0 Å². The summed E-state index contributed by atoms with van der Waals surface area (Å²) in [5.41, 5.74) is 0.486. The van der Waals surface area contributed by atoms with Crippen LogP contribution in [-0.2, 0) is 20.0 Å². The first-order valence-electron chi connectivity index (χ1n) is 6.02. The molecular weight excluding hydrogens is 304 g/mol. The van der Waals surface area contributed by atoms with Crippen LogP contribution in [0.1, 0.15) is 24.9 Å². The number of sulfonamides is 2. The number of hydrogen-bond donors (Lipinski definition) is 2. The normalized spacial score (nSPS) is 19.2. The number of rotatable bonds is 4. The molecule has 3 N–H and O–H groups in total. The van der Waals surface area contributed by atoms with E-state index in [2.05, 4.69) is 4.72 Å². The van der Waals surface area contributed by atoms with Crippen LogP contribution in [0, 0.1) is 0 Å². The molecule has 0 aliphatic carbocycles. The van der Waals surface area contributed by atoms with E-state index >= 15 is 0 Å². The molecule has 7 nitrogen and oxygen atoms in total. The van der Waals surface area contributed by atoms with Gasteiger partial charge in [0, 0.05) is 12.0 Å². The van der Waals surface area contributed by atoms with Gasteiger partial charge in [-0.2, -0.15) is 0 Å². The highest BCUT2D eigenvalue weighted by atomic mass is 32.2. The summed E-state index contributed by atoms with van der Waals surface area (Å²) in [5, 5.41) is 5.08. The molecule has 9 heteroatoms. The Morgan fingerprint density at radius 3 is 2.65 bits per heavy atom. The number of ether oxygens (including phenoxy) is 1. The summed E-state index contributed by atoms with van der Waals surface area (Å²) >= 11 is 0. The van der Waals surface area contributed by atoms with Crippen LogP contribution in [0.2, 0.25) is 0 Å². The zero-order valence-corrected chi connectivity index (χ0v) is 12.5. The largest absolute Gasteiger partial charge is 0.493 e. The number of nitrogens with one attached hydrogen (secondary N) is 1. The summed E-state index contributed by atoms with van der Waals surface area (Å²) in [6, 6.07) is 3.67. The van der Waals surface area contributed by atoms with Crippen LogP contribution in [0.5, 0.6) is 5.75 Å². The van der Waals surface area contributed by atoms with E-state index in [0.29, 0.717) is 24.3 Å². The molecule has 1 aliphatic rings. The first kappa shape index (κ1) is 15.2. The predicted octanol–water partition coefficient (Wildman–Crippen LogP) is 0.0969. The molecule has 20 heavy (non-hydrogen) atoms. The lowest BCUT2D eigenvalue weighted by Gasteiger charge is -2.26. The van der Waals surface area contributed by atoms with E-state index in [1.54, 1.807) is 0 Å². The van der Waals surface area contributed by atoms with Gasteiger partial charge in [-0.05, 0) is 25.1 Å². The fourth-order valence-electron chi connectivity index (χ4n) is 1.97. The van der Waals surface area contributed by atoms with E-state index in [4.69, 9.17) is 9.88 Å². The zero-order chi connectivity index (χ0) is 15.0. The zero-order valence-electron chi connectivity index (χ0n) is 10.9. The lowest BCUT2D eigenvalue weighted by molar-refractivity contribution is 0.262. The van der Waals surface area contributed by atoms with Crippen LogP contribution in [0.3, 0.4) is 0 Å². The van der Waals surface area contributed by atoms with Gasteiger partial charge >= 0.3 is 0 Å². The van der Waals surface area contributed by atoms with Crippen LogP contribution >= 0.6 is 0 Å². The number of fused-ring (bicyclic) bond motifs is 1. The highest BCUT2D eigenvalue weighted by Crippen LogP contribution is 2.34. The van der Waals surface area contributed by atoms with Crippen molar-refractivity contribution in [1.82, 2.24) is 4.72 Å². The minimum Gasteiger partial charge on any atom is -0.493 e. The van der Waals surface area contributed by atoms with Crippen molar-refractivity contribution in [2.75, 3.05) is 12.4 Å². The third kappa shape index (κ3) is 3.29. The molecule has 1 aromatic carbocycles. The van der Waals surface area contributed by atoms with Crippen molar-refractivity contribution in [1.29, 1.82) is 0 Å². The molecule has 0 radical (unpaired) electrons. The first-order chi connectivity index (χ1) is 9.23. The van der Waals surface area contributed by atoms with E-state index in [0.717, 1.165) is 0 Å². The summed E-state index contributed by atoms with van der Waals surface area (Å²) < 4.78 is 54.0. The van der Waals surface area contributed by atoms with Crippen molar-refractivity contribution < 1.29 is 21.6 Å². The van der Waals surface area contributed by atoms with Gasteiger partial charge < -0.3 is 4.74 Å². The molecular formula is C11H16N2O5S2. The lowest BCUT2D eigenvalue weighted by atomic mass is 10.0. The summed E-state index contributed by atoms with van der Waals surface area (Å²) in [6.07, 6.45) is 0.431. The standard InChI is InChI=1S/C11H16N2O5S2/c1-2-19(14,15)13-10-5-6-18-11-4-3-8(7-9(10)11)20(12,16)17/h3-4,7,10,13H,2,5-6H2,1H3,(H2,12,16,17). The second-order valence-electron chi connectivity index (χ2n) is 4.46. The van der Waals surface area contributed by atoms with Crippen LogP contribution in [0.4, 0.5) is 0 Å². The van der Waals surface area contributed by atoms with E-state index in [9.17, 15) is 16.8 Å². The Morgan fingerprint density at radius 1 is 1.35 bits per heavy atom. The molecule has 0 spiro atoms. The molecule has 0 bridgehead atoms. The van der Waals surface area contributed by atoms with Gasteiger partial charge in [-0.15, -0.1) is 0 Å². The van der Waals surface area contributed by atoms with Crippen LogP contribution in [0.25, 0.3) is 0 Å². The first-order valence-corrected chi connectivity index (χ1v) is 9.22. The minimum atomic E-state index is -3.84. The second-order valence-corrected chi connectivity index (χ2v) is 8.06. The maximum Gasteiger partial charge on any atom is 0.238 e. The quantitative estimate of drug-likeness (QED) is 0.816.